The van der Waals surface area contributed by atoms with E-state index >= 15 is 0 Å². The smallest absolute Gasteiger partial charge is 0.234 e. The van der Waals surface area contributed by atoms with Crippen LogP contribution < -0.4 is 10.6 Å². The molecule has 0 saturated heterocycles. The van der Waals surface area contributed by atoms with Gasteiger partial charge in [0.05, 0.1) is 13.1 Å². The van der Waals surface area contributed by atoms with E-state index in [9.17, 15) is 4.79 Å². The third kappa shape index (κ3) is 4.11. The summed E-state index contributed by atoms with van der Waals surface area (Å²) in [6.07, 6.45) is 0. The Kier molecular flexibility index (Phi) is 5.13. The summed E-state index contributed by atoms with van der Waals surface area (Å²) in [5.74, 6) is 0.0309. The summed E-state index contributed by atoms with van der Waals surface area (Å²) >= 11 is 1.49. The molecule has 0 fully saturated rings. The van der Waals surface area contributed by atoms with Crippen LogP contribution in [-0.4, -0.2) is 48.2 Å². The normalized spacial score (nSPS) is 10.5. The predicted octanol–water partition coefficient (Wildman–Crippen LogP) is 0.148. The number of likely N-dealkylation sites (N-methyl/N-ethyl adjacent to an activating group) is 2. The van der Waals surface area contributed by atoms with Gasteiger partial charge in [0.2, 0.25) is 11.0 Å². The maximum absolute atomic E-state index is 11.3. The molecule has 0 unspecified atom stereocenters. The minimum Gasteiger partial charge on any atom is -0.363 e. The molecule has 0 bridgehead atoms. The molecule has 1 aromatic heterocycles. The number of nitrogens with one attached hydrogen (secondary N) is 2. The summed E-state index contributed by atoms with van der Waals surface area (Å²) in [5.41, 5.74) is 0. The fraction of sp³-hybridized carbons (Fsp3) is 0.667. The monoisotopic (exact) mass is 243 g/mol. The number of anilines is 1. The fourth-order valence-electron chi connectivity index (χ4n) is 1.20. The second-order valence-corrected chi connectivity index (χ2v) is 4.44. The van der Waals surface area contributed by atoms with E-state index in [1.165, 1.54) is 11.3 Å². The van der Waals surface area contributed by atoms with Crippen LogP contribution in [0.2, 0.25) is 0 Å². The Morgan fingerprint density at radius 2 is 2.25 bits per heavy atom. The number of nitrogens with zero attached hydrogens (tertiary/aromatic N) is 3. The zero-order valence-electron chi connectivity index (χ0n) is 9.78. The Balaban J connectivity index is 2.38. The first-order valence-electron chi connectivity index (χ1n) is 5.11. The fourth-order valence-corrected chi connectivity index (χ4v) is 1.98. The van der Waals surface area contributed by atoms with Crippen LogP contribution in [0.1, 0.15) is 11.9 Å². The highest BCUT2D eigenvalue weighted by Crippen LogP contribution is 2.15. The molecule has 7 heteroatoms. The van der Waals surface area contributed by atoms with E-state index < -0.39 is 0 Å². The Bertz CT molecular complexity index is 340. The van der Waals surface area contributed by atoms with Crippen molar-refractivity contribution in [2.45, 2.75) is 13.5 Å². The average Bonchev–Trinajstić information content (AvgIpc) is 2.65. The number of amides is 1. The van der Waals surface area contributed by atoms with Crippen molar-refractivity contribution < 1.29 is 4.79 Å². The maximum atomic E-state index is 11.3. The number of rotatable bonds is 6. The van der Waals surface area contributed by atoms with Crippen LogP contribution in [0.5, 0.6) is 0 Å². The molecule has 90 valence electrons. The van der Waals surface area contributed by atoms with Crippen molar-refractivity contribution >= 4 is 22.4 Å². The molecule has 0 aliphatic rings. The first-order valence-corrected chi connectivity index (χ1v) is 5.92. The van der Waals surface area contributed by atoms with Crippen molar-refractivity contribution in [1.29, 1.82) is 0 Å². The van der Waals surface area contributed by atoms with Crippen molar-refractivity contribution in [2.75, 3.05) is 32.5 Å². The van der Waals surface area contributed by atoms with E-state index in [2.05, 4.69) is 20.8 Å². The molecule has 1 heterocycles. The summed E-state index contributed by atoms with van der Waals surface area (Å²) in [6.45, 7) is 3.58. The molecule has 0 saturated carbocycles. The molecule has 0 spiro atoms. The van der Waals surface area contributed by atoms with Crippen molar-refractivity contribution in [1.82, 2.24) is 20.4 Å². The Morgan fingerprint density at radius 3 is 2.81 bits per heavy atom. The van der Waals surface area contributed by atoms with Crippen LogP contribution in [-0.2, 0) is 11.3 Å². The number of aromatic nitrogens is 2. The van der Waals surface area contributed by atoms with Crippen LogP contribution in [0, 0.1) is 0 Å². The number of carbonyl (C=O) groups excluding carboxylic acids is 1. The molecular weight excluding hydrogens is 226 g/mol. The highest BCUT2D eigenvalue weighted by Gasteiger charge is 2.09. The van der Waals surface area contributed by atoms with E-state index in [1.807, 2.05) is 25.9 Å². The second kappa shape index (κ2) is 6.39. The van der Waals surface area contributed by atoms with Gasteiger partial charge < -0.3 is 10.6 Å². The van der Waals surface area contributed by atoms with E-state index in [4.69, 9.17) is 0 Å². The zero-order valence-corrected chi connectivity index (χ0v) is 10.6. The molecule has 6 nitrogen and oxygen atoms in total. The summed E-state index contributed by atoms with van der Waals surface area (Å²) in [7, 11) is 3.69. The summed E-state index contributed by atoms with van der Waals surface area (Å²) in [4.78, 5) is 13.2. The van der Waals surface area contributed by atoms with Crippen LogP contribution in [0.3, 0.4) is 0 Å². The molecule has 16 heavy (non-hydrogen) atoms. The molecule has 1 amide bonds. The first-order chi connectivity index (χ1) is 7.65. The van der Waals surface area contributed by atoms with Crippen molar-refractivity contribution in [3.8, 4) is 0 Å². The molecule has 1 aromatic rings. The Morgan fingerprint density at radius 1 is 1.50 bits per heavy atom. The Labute approximate surface area is 99.1 Å². The maximum Gasteiger partial charge on any atom is 0.234 e. The highest BCUT2D eigenvalue weighted by molar-refractivity contribution is 7.15. The zero-order chi connectivity index (χ0) is 12.0. The molecule has 2 N–H and O–H groups in total. The van der Waals surface area contributed by atoms with Gasteiger partial charge in [-0.3, -0.25) is 9.69 Å². The third-order valence-electron chi connectivity index (χ3n) is 1.87. The lowest BCUT2D eigenvalue weighted by Crippen LogP contribution is -2.34. The summed E-state index contributed by atoms with van der Waals surface area (Å²) in [5, 5.41) is 15.3. The van der Waals surface area contributed by atoms with Crippen LogP contribution in [0.15, 0.2) is 0 Å². The van der Waals surface area contributed by atoms with Gasteiger partial charge in [0.25, 0.3) is 0 Å². The van der Waals surface area contributed by atoms with Gasteiger partial charge in [-0.05, 0) is 14.0 Å². The van der Waals surface area contributed by atoms with Gasteiger partial charge in [0.15, 0.2) is 0 Å². The lowest BCUT2D eigenvalue weighted by molar-refractivity contribution is -0.121. The quantitative estimate of drug-likeness (QED) is 0.744. The number of hydrogen-bond acceptors (Lipinski definition) is 6. The van der Waals surface area contributed by atoms with E-state index in [0.29, 0.717) is 19.6 Å². The molecule has 1 rings (SSSR count). The van der Waals surface area contributed by atoms with Gasteiger partial charge in [-0.25, -0.2) is 0 Å². The molecule has 0 aliphatic carbocycles. The molecule has 0 aliphatic heterocycles. The Hall–Kier alpha value is -1.21. The van der Waals surface area contributed by atoms with Gasteiger partial charge in [-0.2, -0.15) is 0 Å². The molecular formula is C9H17N5OS. The van der Waals surface area contributed by atoms with Crippen LogP contribution >= 0.6 is 11.3 Å². The van der Waals surface area contributed by atoms with E-state index in [1.54, 1.807) is 0 Å². The van der Waals surface area contributed by atoms with Gasteiger partial charge in [0.1, 0.15) is 5.01 Å². The summed E-state index contributed by atoms with van der Waals surface area (Å²) in [6, 6.07) is 0. The standard InChI is InChI=1S/C9H17N5OS/c1-4-11-7(15)5-14(3)6-8-12-13-9(10-2)16-8/h4-6H2,1-3H3,(H,10,13)(H,11,15). The highest BCUT2D eigenvalue weighted by atomic mass is 32.1. The molecule has 0 aromatic carbocycles. The van der Waals surface area contributed by atoms with Crippen molar-refractivity contribution in [3.05, 3.63) is 5.01 Å². The minimum absolute atomic E-state index is 0.0309. The predicted molar refractivity (Wildman–Crippen MR) is 64.5 cm³/mol. The lowest BCUT2D eigenvalue weighted by atomic mass is 10.5. The van der Waals surface area contributed by atoms with E-state index in [0.717, 1.165) is 10.1 Å². The lowest BCUT2D eigenvalue weighted by Gasteiger charge is -2.13. The average molecular weight is 243 g/mol. The van der Waals surface area contributed by atoms with Crippen molar-refractivity contribution in [2.24, 2.45) is 0 Å². The molecule has 0 atom stereocenters. The second-order valence-electron chi connectivity index (χ2n) is 3.38. The minimum atomic E-state index is 0.0309. The van der Waals surface area contributed by atoms with Gasteiger partial charge in [-0.1, -0.05) is 11.3 Å². The van der Waals surface area contributed by atoms with Crippen LogP contribution in [0.25, 0.3) is 0 Å². The van der Waals surface area contributed by atoms with Crippen molar-refractivity contribution in [3.63, 3.8) is 0 Å². The van der Waals surface area contributed by atoms with Gasteiger partial charge in [0, 0.05) is 13.6 Å². The van der Waals surface area contributed by atoms with Gasteiger partial charge >= 0.3 is 0 Å². The third-order valence-corrected chi connectivity index (χ3v) is 2.80. The SMILES string of the molecule is CCNC(=O)CN(C)Cc1nnc(NC)s1. The number of hydrogen-bond donors (Lipinski definition) is 2. The summed E-state index contributed by atoms with van der Waals surface area (Å²) < 4.78 is 0. The van der Waals surface area contributed by atoms with Gasteiger partial charge in [-0.15, -0.1) is 10.2 Å². The topological polar surface area (TPSA) is 70.2 Å². The molecule has 0 radical (unpaired) electrons. The largest absolute Gasteiger partial charge is 0.363 e. The van der Waals surface area contributed by atoms with E-state index in [-0.39, 0.29) is 5.91 Å². The number of carbonyl (C=O) groups is 1. The first kappa shape index (κ1) is 12.9. The van der Waals surface area contributed by atoms with Crippen LogP contribution in [0.4, 0.5) is 5.13 Å².